The maximum atomic E-state index is 10.9. The highest BCUT2D eigenvalue weighted by molar-refractivity contribution is 7.15. The number of carbonyl (C=O) groups is 1. The number of hydrogen-bond donors (Lipinski definition) is 2. The van der Waals surface area contributed by atoms with Crippen LogP contribution in [0.3, 0.4) is 0 Å². The van der Waals surface area contributed by atoms with Crippen molar-refractivity contribution in [2.45, 2.75) is 39.5 Å². The summed E-state index contributed by atoms with van der Waals surface area (Å²) in [5, 5.41) is 13.0. The summed E-state index contributed by atoms with van der Waals surface area (Å²) in [6.07, 6.45) is 5.03. The van der Waals surface area contributed by atoms with E-state index in [1.54, 1.807) is 6.92 Å². The molecule has 1 fully saturated rings. The molecule has 0 unspecified atom stereocenters. The van der Waals surface area contributed by atoms with Crippen LogP contribution in [0.2, 0.25) is 0 Å². The molecular weight excluding hydrogens is 236 g/mol. The van der Waals surface area contributed by atoms with E-state index in [4.69, 9.17) is 5.11 Å². The number of carboxylic acid groups (broad SMARTS) is 1. The Morgan fingerprint density at radius 2 is 2.29 bits per heavy atom. The van der Waals surface area contributed by atoms with Crippen molar-refractivity contribution in [1.82, 2.24) is 4.98 Å². The molecule has 0 saturated heterocycles. The molecule has 0 radical (unpaired) electrons. The molecule has 2 N–H and O–H groups in total. The van der Waals surface area contributed by atoms with Crippen LogP contribution < -0.4 is 5.32 Å². The predicted octanol–water partition coefficient (Wildman–Crippen LogP) is 3.14. The molecule has 1 heterocycles. The minimum Gasteiger partial charge on any atom is -0.476 e. The fourth-order valence-corrected chi connectivity index (χ4v) is 3.07. The van der Waals surface area contributed by atoms with E-state index in [0.717, 1.165) is 16.6 Å². The number of hydrogen-bond acceptors (Lipinski definition) is 4. The first-order chi connectivity index (χ1) is 8.06. The molecular formula is C12H18N2O2S. The van der Waals surface area contributed by atoms with Gasteiger partial charge in [0.25, 0.3) is 0 Å². The van der Waals surface area contributed by atoms with Crippen molar-refractivity contribution in [1.29, 1.82) is 0 Å². The van der Waals surface area contributed by atoms with E-state index in [9.17, 15) is 4.79 Å². The van der Waals surface area contributed by atoms with E-state index in [1.807, 2.05) is 0 Å². The highest BCUT2D eigenvalue weighted by Gasteiger charge is 2.34. The monoisotopic (exact) mass is 254 g/mol. The number of nitrogens with one attached hydrogen (secondary N) is 1. The summed E-state index contributed by atoms with van der Waals surface area (Å²) < 4.78 is 0. The molecule has 1 saturated carbocycles. The van der Waals surface area contributed by atoms with Crippen LogP contribution in [0.4, 0.5) is 5.13 Å². The number of aryl methyl sites for hydroxylation is 1. The quantitative estimate of drug-likeness (QED) is 0.847. The number of thiazole rings is 1. The van der Waals surface area contributed by atoms with Gasteiger partial charge in [-0.2, -0.15) is 0 Å². The van der Waals surface area contributed by atoms with Gasteiger partial charge in [0.15, 0.2) is 10.8 Å². The summed E-state index contributed by atoms with van der Waals surface area (Å²) in [5.41, 5.74) is 0.597. The van der Waals surface area contributed by atoms with Crippen LogP contribution in [-0.2, 0) is 0 Å². The Morgan fingerprint density at radius 1 is 1.59 bits per heavy atom. The molecule has 1 aromatic rings. The molecule has 0 aromatic carbocycles. The first-order valence-electron chi connectivity index (χ1n) is 6.01. The zero-order valence-electron chi connectivity index (χ0n) is 10.2. The minimum absolute atomic E-state index is 0.177. The van der Waals surface area contributed by atoms with Crippen molar-refractivity contribution in [2.24, 2.45) is 5.41 Å². The average molecular weight is 254 g/mol. The molecule has 0 amide bonds. The molecule has 0 atom stereocenters. The number of anilines is 1. The third-order valence-corrected chi connectivity index (χ3v) is 4.71. The minimum atomic E-state index is -0.944. The molecule has 1 aliphatic carbocycles. The van der Waals surface area contributed by atoms with Gasteiger partial charge in [-0.25, -0.2) is 9.78 Å². The van der Waals surface area contributed by atoms with Gasteiger partial charge in [-0.3, -0.25) is 0 Å². The number of aromatic carboxylic acids is 1. The van der Waals surface area contributed by atoms with Crippen LogP contribution in [0, 0.1) is 12.3 Å². The number of nitrogens with zero attached hydrogens (tertiary/aromatic N) is 1. The average Bonchev–Trinajstić information content (AvgIpc) is 2.59. The highest BCUT2D eigenvalue weighted by atomic mass is 32.1. The van der Waals surface area contributed by atoms with Crippen LogP contribution in [0.15, 0.2) is 0 Å². The summed E-state index contributed by atoms with van der Waals surface area (Å²) in [6.45, 7) is 4.93. The molecule has 0 bridgehead atoms. The van der Waals surface area contributed by atoms with Gasteiger partial charge >= 0.3 is 5.97 Å². The Labute approximate surface area is 105 Å². The fourth-order valence-electron chi connectivity index (χ4n) is 2.27. The summed E-state index contributed by atoms with van der Waals surface area (Å²) in [5.74, 6) is -0.944. The van der Waals surface area contributed by atoms with Crippen LogP contribution in [0.5, 0.6) is 0 Å². The lowest BCUT2D eigenvalue weighted by molar-refractivity contribution is 0.0690. The van der Waals surface area contributed by atoms with Crippen LogP contribution in [0.1, 0.15) is 48.0 Å². The molecule has 2 rings (SSSR count). The van der Waals surface area contributed by atoms with Crippen LogP contribution in [-0.4, -0.2) is 22.6 Å². The third kappa shape index (κ3) is 2.44. The maximum Gasteiger partial charge on any atom is 0.355 e. The zero-order valence-corrected chi connectivity index (χ0v) is 11.1. The maximum absolute atomic E-state index is 10.9. The van der Waals surface area contributed by atoms with Gasteiger partial charge < -0.3 is 10.4 Å². The van der Waals surface area contributed by atoms with Gasteiger partial charge in [-0.05, 0) is 31.6 Å². The normalized spacial score (nSPS) is 17.5. The lowest BCUT2D eigenvalue weighted by atomic mass is 9.67. The van der Waals surface area contributed by atoms with E-state index in [1.165, 1.54) is 37.0 Å². The van der Waals surface area contributed by atoms with Crippen molar-refractivity contribution < 1.29 is 9.90 Å². The third-order valence-electron chi connectivity index (χ3n) is 3.78. The molecule has 1 aliphatic rings. The standard InChI is InChI=1S/C12H18N2O2S/c1-3-12(5-4-6-12)7-13-11-14-9(10(15)16)8(2)17-11/h3-7H2,1-2H3,(H,13,14)(H,15,16). The second-order valence-electron chi connectivity index (χ2n) is 4.79. The second kappa shape index (κ2) is 4.64. The van der Waals surface area contributed by atoms with Gasteiger partial charge in [0, 0.05) is 11.4 Å². The first kappa shape index (κ1) is 12.4. The smallest absolute Gasteiger partial charge is 0.355 e. The Hall–Kier alpha value is -1.10. The van der Waals surface area contributed by atoms with Crippen molar-refractivity contribution in [3.05, 3.63) is 10.6 Å². The largest absolute Gasteiger partial charge is 0.476 e. The van der Waals surface area contributed by atoms with Crippen LogP contribution in [0.25, 0.3) is 0 Å². The second-order valence-corrected chi connectivity index (χ2v) is 5.99. The van der Waals surface area contributed by atoms with E-state index in [0.29, 0.717) is 5.41 Å². The number of aromatic nitrogens is 1. The lowest BCUT2D eigenvalue weighted by Crippen LogP contribution is -2.35. The van der Waals surface area contributed by atoms with Gasteiger partial charge in [0.1, 0.15) is 0 Å². The van der Waals surface area contributed by atoms with Gasteiger partial charge in [-0.15, -0.1) is 11.3 Å². The molecule has 5 heteroatoms. The lowest BCUT2D eigenvalue weighted by Gasteiger charge is -2.41. The Kier molecular flexibility index (Phi) is 3.38. The van der Waals surface area contributed by atoms with E-state index >= 15 is 0 Å². The SMILES string of the molecule is CCC1(CNc2nc(C(=O)O)c(C)s2)CCC1. The van der Waals surface area contributed by atoms with E-state index in [2.05, 4.69) is 17.2 Å². The number of rotatable bonds is 5. The summed E-state index contributed by atoms with van der Waals surface area (Å²) in [4.78, 5) is 15.8. The summed E-state index contributed by atoms with van der Waals surface area (Å²) >= 11 is 1.43. The van der Waals surface area contributed by atoms with Crippen molar-refractivity contribution in [3.63, 3.8) is 0 Å². The predicted molar refractivity (Wildman–Crippen MR) is 68.9 cm³/mol. The fraction of sp³-hybridized carbons (Fsp3) is 0.667. The topological polar surface area (TPSA) is 62.2 Å². The van der Waals surface area contributed by atoms with Crippen LogP contribution >= 0.6 is 11.3 Å². The molecule has 17 heavy (non-hydrogen) atoms. The van der Waals surface area contributed by atoms with E-state index < -0.39 is 5.97 Å². The molecule has 0 spiro atoms. The van der Waals surface area contributed by atoms with Gasteiger partial charge in [-0.1, -0.05) is 13.3 Å². The first-order valence-corrected chi connectivity index (χ1v) is 6.82. The Balaban J connectivity index is 1.99. The van der Waals surface area contributed by atoms with Gasteiger partial charge in [0.05, 0.1) is 0 Å². The molecule has 94 valence electrons. The molecule has 4 nitrogen and oxygen atoms in total. The summed E-state index contributed by atoms with van der Waals surface area (Å²) in [7, 11) is 0. The Bertz CT molecular complexity index is 419. The van der Waals surface area contributed by atoms with Crippen molar-refractivity contribution >= 4 is 22.4 Å². The number of carboxylic acids is 1. The molecule has 0 aliphatic heterocycles. The highest BCUT2D eigenvalue weighted by Crippen LogP contribution is 2.43. The zero-order chi connectivity index (χ0) is 12.5. The van der Waals surface area contributed by atoms with Crippen molar-refractivity contribution in [2.75, 3.05) is 11.9 Å². The van der Waals surface area contributed by atoms with E-state index in [-0.39, 0.29) is 5.69 Å². The summed E-state index contributed by atoms with van der Waals surface area (Å²) in [6, 6.07) is 0. The molecule has 1 aromatic heterocycles. The van der Waals surface area contributed by atoms with Gasteiger partial charge in [0.2, 0.25) is 0 Å². The Morgan fingerprint density at radius 3 is 2.71 bits per heavy atom. The van der Waals surface area contributed by atoms with Crippen molar-refractivity contribution in [3.8, 4) is 0 Å².